The molecule has 1 aliphatic heterocycles. The van der Waals surface area contributed by atoms with Crippen LogP contribution in [0.1, 0.15) is 32.6 Å². The molecule has 0 bridgehead atoms. The van der Waals surface area contributed by atoms with Crippen LogP contribution in [0, 0.1) is 0 Å². The van der Waals surface area contributed by atoms with E-state index in [0.717, 1.165) is 25.7 Å². The van der Waals surface area contributed by atoms with Gasteiger partial charge in [-0.2, -0.15) is 0 Å². The summed E-state index contributed by atoms with van der Waals surface area (Å²) in [5, 5.41) is 0.0608. The molecule has 0 aromatic heterocycles. The zero-order chi connectivity index (χ0) is 12.7. The van der Waals surface area contributed by atoms with Gasteiger partial charge in [-0.15, -0.1) is 11.6 Å². The fourth-order valence-electron chi connectivity index (χ4n) is 1.89. The van der Waals surface area contributed by atoms with Crippen molar-refractivity contribution in [1.82, 2.24) is 0 Å². The lowest BCUT2D eigenvalue weighted by atomic mass is 10.1. The number of hydrogen-bond acceptors (Lipinski definition) is 1. The SMILES string of the molecule is CC[C@H]1O[C@@H](C/C=C/I)[C@@H](Cl)C/C=C\C[C@H]1Br. The summed E-state index contributed by atoms with van der Waals surface area (Å²) in [6.07, 6.45) is 10.7. The molecule has 4 atom stereocenters. The van der Waals surface area contributed by atoms with E-state index in [1.54, 1.807) is 0 Å². The molecule has 0 N–H and O–H groups in total. The Bertz CT molecular complexity index is 270. The van der Waals surface area contributed by atoms with Gasteiger partial charge in [0.05, 0.1) is 17.6 Å². The fraction of sp³-hybridized carbons (Fsp3) is 0.692. The molecule has 0 aromatic carbocycles. The van der Waals surface area contributed by atoms with Gasteiger partial charge in [-0.3, -0.25) is 0 Å². The lowest BCUT2D eigenvalue weighted by molar-refractivity contribution is -0.0123. The van der Waals surface area contributed by atoms with E-state index < -0.39 is 0 Å². The molecular weight excluding hydrogens is 414 g/mol. The van der Waals surface area contributed by atoms with Crippen molar-refractivity contribution in [3.8, 4) is 0 Å². The van der Waals surface area contributed by atoms with Crippen molar-refractivity contribution in [1.29, 1.82) is 0 Å². The van der Waals surface area contributed by atoms with Gasteiger partial charge in [-0.25, -0.2) is 0 Å². The molecule has 0 fully saturated rings. The van der Waals surface area contributed by atoms with Crippen LogP contribution in [0.4, 0.5) is 0 Å². The minimum absolute atomic E-state index is 0.0608. The Morgan fingerprint density at radius 2 is 2.12 bits per heavy atom. The van der Waals surface area contributed by atoms with Crippen LogP contribution >= 0.6 is 50.1 Å². The normalized spacial score (nSPS) is 37.4. The van der Waals surface area contributed by atoms with E-state index in [9.17, 15) is 0 Å². The van der Waals surface area contributed by atoms with E-state index in [1.165, 1.54) is 0 Å². The zero-order valence-electron chi connectivity index (χ0n) is 9.99. The Hall–Kier alpha value is 0.940. The van der Waals surface area contributed by atoms with E-state index >= 15 is 0 Å². The van der Waals surface area contributed by atoms with Gasteiger partial charge in [0, 0.05) is 4.83 Å². The minimum Gasteiger partial charge on any atom is -0.372 e. The third-order valence-electron chi connectivity index (χ3n) is 2.91. The summed E-state index contributed by atoms with van der Waals surface area (Å²) < 4.78 is 8.20. The smallest absolute Gasteiger partial charge is 0.0780 e. The molecule has 98 valence electrons. The van der Waals surface area contributed by atoms with Gasteiger partial charge in [0.15, 0.2) is 0 Å². The number of ether oxygens (including phenoxy) is 1. The van der Waals surface area contributed by atoms with Gasteiger partial charge < -0.3 is 4.74 Å². The van der Waals surface area contributed by atoms with Crippen molar-refractivity contribution < 1.29 is 4.74 Å². The summed E-state index contributed by atoms with van der Waals surface area (Å²) in [5.74, 6) is 0. The van der Waals surface area contributed by atoms with E-state index in [2.05, 4.69) is 63.7 Å². The molecule has 0 aromatic rings. The highest BCUT2D eigenvalue weighted by Crippen LogP contribution is 2.26. The Morgan fingerprint density at radius 1 is 1.41 bits per heavy atom. The first-order valence-electron chi connectivity index (χ1n) is 6.02. The molecule has 1 heterocycles. The lowest BCUT2D eigenvalue weighted by Gasteiger charge is -2.28. The first kappa shape index (κ1) is 16.0. The predicted molar refractivity (Wildman–Crippen MR) is 87.5 cm³/mol. The summed E-state index contributed by atoms with van der Waals surface area (Å²) in [6, 6.07) is 0. The molecule has 0 unspecified atom stereocenters. The Labute approximate surface area is 131 Å². The fourth-order valence-corrected chi connectivity index (χ4v) is 3.16. The molecule has 1 aliphatic rings. The molecule has 1 rings (SSSR count). The van der Waals surface area contributed by atoms with Crippen molar-refractivity contribution in [2.24, 2.45) is 0 Å². The molecule has 0 radical (unpaired) electrons. The molecule has 0 spiro atoms. The topological polar surface area (TPSA) is 9.23 Å². The van der Waals surface area contributed by atoms with Gasteiger partial charge in [0.2, 0.25) is 0 Å². The highest BCUT2D eigenvalue weighted by molar-refractivity contribution is 14.1. The quantitative estimate of drug-likeness (QED) is 0.337. The summed E-state index contributed by atoms with van der Waals surface area (Å²) in [7, 11) is 0. The van der Waals surface area contributed by atoms with Crippen molar-refractivity contribution in [2.75, 3.05) is 0 Å². The summed E-state index contributed by atoms with van der Waals surface area (Å²) in [6.45, 7) is 2.16. The summed E-state index contributed by atoms with van der Waals surface area (Å²) >= 11 is 12.4. The Balaban J connectivity index is 2.73. The van der Waals surface area contributed by atoms with Crippen molar-refractivity contribution in [2.45, 2.75) is 55.0 Å². The third-order valence-corrected chi connectivity index (χ3v) is 4.84. The first-order valence-corrected chi connectivity index (χ1v) is 8.62. The van der Waals surface area contributed by atoms with Gasteiger partial charge >= 0.3 is 0 Å². The second kappa shape index (κ2) is 8.94. The largest absolute Gasteiger partial charge is 0.372 e. The van der Waals surface area contributed by atoms with Gasteiger partial charge in [0.25, 0.3) is 0 Å². The number of rotatable bonds is 3. The van der Waals surface area contributed by atoms with Gasteiger partial charge in [-0.1, -0.05) is 63.7 Å². The van der Waals surface area contributed by atoms with Crippen molar-refractivity contribution in [3.63, 3.8) is 0 Å². The van der Waals surface area contributed by atoms with Crippen LogP contribution in [0.25, 0.3) is 0 Å². The summed E-state index contributed by atoms with van der Waals surface area (Å²) in [5.41, 5.74) is 0. The second-order valence-electron chi connectivity index (χ2n) is 4.19. The van der Waals surface area contributed by atoms with Crippen LogP contribution in [-0.2, 0) is 4.74 Å². The second-order valence-corrected chi connectivity index (χ2v) is 6.65. The molecular formula is C13H19BrClIO. The van der Waals surface area contributed by atoms with Crippen LogP contribution in [0.3, 0.4) is 0 Å². The number of allylic oxidation sites excluding steroid dienone is 2. The average Bonchev–Trinajstić information content (AvgIpc) is 2.39. The maximum Gasteiger partial charge on any atom is 0.0780 e. The summed E-state index contributed by atoms with van der Waals surface area (Å²) in [4.78, 5) is 0.386. The first-order chi connectivity index (χ1) is 8.19. The van der Waals surface area contributed by atoms with Gasteiger partial charge in [0.1, 0.15) is 0 Å². The monoisotopic (exact) mass is 432 g/mol. The van der Waals surface area contributed by atoms with Crippen LogP contribution in [0.15, 0.2) is 22.3 Å². The van der Waals surface area contributed by atoms with E-state index in [0.29, 0.717) is 4.83 Å². The molecule has 0 amide bonds. The molecule has 4 heteroatoms. The Morgan fingerprint density at radius 3 is 2.76 bits per heavy atom. The van der Waals surface area contributed by atoms with E-state index in [1.807, 2.05) is 4.08 Å². The maximum absolute atomic E-state index is 6.41. The molecule has 0 saturated carbocycles. The van der Waals surface area contributed by atoms with Gasteiger partial charge in [-0.05, 0) is 29.8 Å². The highest BCUT2D eigenvalue weighted by atomic mass is 127. The van der Waals surface area contributed by atoms with Crippen molar-refractivity contribution >= 4 is 50.1 Å². The zero-order valence-corrected chi connectivity index (χ0v) is 14.5. The standard InChI is InChI=1S/C13H19BrClIO/c1-2-12-10(14)6-3-4-7-11(15)13(17-12)8-5-9-16/h3-5,9-13H,2,6-8H2,1H3/b4-3-,9-5+/t10-,11+,12-,13+/m1/s1. The average molecular weight is 434 g/mol. The number of hydrogen-bond donors (Lipinski definition) is 0. The third kappa shape index (κ3) is 5.62. The lowest BCUT2D eigenvalue weighted by Crippen LogP contribution is -2.33. The molecule has 17 heavy (non-hydrogen) atoms. The van der Waals surface area contributed by atoms with Crippen LogP contribution in [-0.4, -0.2) is 22.4 Å². The Kier molecular flexibility index (Phi) is 8.41. The van der Waals surface area contributed by atoms with Crippen molar-refractivity contribution in [3.05, 3.63) is 22.3 Å². The van der Waals surface area contributed by atoms with E-state index in [-0.39, 0.29) is 17.6 Å². The van der Waals surface area contributed by atoms with Crippen LogP contribution in [0.2, 0.25) is 0 Å². The molecule has 1 nitrogen and oxygen atoms in total. The number of halogens is 3. The minimum atomic E-state index is 0.0608. The maximum atomic E-state index is 6.41. The van der Waals surface area contributed by atoms with E-state index in [4.69, 9.17) is 16.3 Å². The molecule has 0 aliphatic carbocycles. The molecule has 0 saturated heterocycles. The highest BCUT2D eigenvalue weighted by Gasteiger charge is 2.26. The number of alkyl halides is 2. The predicted octanol–water partition coefficient (Wildman–Crippen LogP) is 5.21. The van der Waals surface area contributed by atoms with Crippen LogP contribution in [0.5, 0.6) is 0 Å². The van der Waals surface area contributed by atoms with Crippen LogP contribution < -0.4 is 0 Å².